The van der Waals surface area contributed by atoms with Gasteiger partial charge in [-0.2, -0.15) is 4.98 Å². The molecule has 0 aromatic carbocycles. The highest BCUT2D eigenvalue weighted by Crippen LogP contribution is 2.16. The highest BCUT2D eigenvalue weighted by Gasteiger charge is 2.15. The van der Waals surface area contributed by atoms with Crippen molar-refractivity contribution in [3.63, 3.8) is 0 Å². The van der Waals surface area contributed by atoms with Gasteiger partial charge in [-0.1, -0.05) is 12.1 Å². The smallest absolute Gasteiger partial charge is 0.258 e. The van der Waals surface area contributed by atoms with Crippen molar-refractivity contribution >= 4 is 0 Å². The lowest BCUT2D eigenvalue weighted by Crippen LogP contribution is -2.18. The summed E-state index contributed by atoms with van der Waals surface area (Å²) >= 11 is 0. The van der Waals surface area contributed by atoms with Gasteiger partial charge in [0, 0.05) is 24.4 Å². The predicted molar refractivity (Wildman–Crippen MR) is 68.4 cm³/mol. The number of rotatable bonds is 6. The Kier molecular flexibility index (Phi) is 4.43. The van der Waals surface area contributed by atoms with E-state index in [1.54, 1.807) is 6.07 Å². The number of pyridine rings is 1. The van der Waals surface area contributed by atoms with Crippen molar-refractivity contribution in [2.75, 3.05) is 13.2 Å². The van der Waals surface area contributed by atoms with Crippen LogP contribution in [-0.2, 0) is 4.74 Å². The van der Waals surface area contributed by atoms with E-state index >= 15 is 0 Å². The van der Waals surface area contributed by atoms with Crippen LogP contribution in [0.1, 0.15) is 25.2 Å². The van der Waals surface area contributed by atoms with Gasteiger partial charge in [0.2, 0.25) is 5.56 Å². The molecule has 0 saturated heterocycles. The van der Waals surface area contributed by atoms with E-state index in [1.807, 2.05) is 6.92 Å². The number of aromatic amines is 1. The molecule has 0 aliphatic rings. The summed E-state index contributed by atoms with van der Waals surface area (Å²) in [5, 5.41) is 3.80. The summed E-state index contributed by atoms with van der Waals surface area (Å²) < 4.78 is 10.4. The molecule has 2 heterocycles. The Morgan fingerprint density at radius 3 is 3.16 bits per heavy atom. The molecule has 0 amide bonds. The van der Waals surface area contributed by atoms with E-state index in [-0.39, 0.29) is 11.4 Å². The molecule has 2 aromatic rings. The zero-order valence-corrected chi connectivity index (χ0v) is 10.6. The van der Waals surface area contributed by atoms with Crippen molar-refractivity contribution in [3.05, 3.63) is 34.5 Å². The molecule has 102 valence electrons. The topological polar surface area (TPSA) is 107 Å². The minimum atomic E-state index is -0.439. The van der Waals surface area contributed by atoms with Crippen molar-refractivity contribution in [2.24, 2.45) is 5.73 Å². The van der Waals surface area contributed by atoms with Crippen LogP contribution < -0.4 is 11.3 Å². The lowest BCUT2D eigenvalue weighted by atomic mass is 10.2. The van der Waals surface area contributed by atoms with Crippen LogP contribution in [0, 0.1) is 0 Å². The predicted octanol–water partition coefficient (Wildman–Crippen LogP) is 0.851. The summed E-state index contributed by atoms with van der Waals surface area (Å²) in [4.78, 5) is 17.9. The fourth-order valence-electron chi connectivity index (χ4n) is 1.51. The van der Waals surface area contributed by atoms with Crippen molar-refractivity contribution in [1.82, 2.24) is 15.1 Å². The van der Waals surface area contributed by atoms with E-state index < -0.39 is 6.04 Å². The van der Waals surface area contributed by atoms with E-state index in [0.29, 0.717) is 24.6 Å². The van der Waals surface area contributed by atoms with E-state index in [0.717, 1.165) is 6.42 Å². The van der Waals surface area contributed by atoms with Gasteiger partial charge in [0.15, 0.2) is 5.82 Å². The van der Waals surface area contributed by atoms with Crippen LogP contribution >= 0.6 is 0 Å². The summed E-state index contributed by atoms with van der Waals surface area (Å²) in [5.41, 5.74) is 6.21. The third kappa shape index (κ3) is 3.49. The molecule has 0 aliphatic carbocycles. The molecule has 19 heavy (non-hydrogen) atoms. The maximum Gasteiger partial charge on any atom is 0.258 e. The number of H-pyrrole nitrogens is 1. The number of ether oxygens (including phenoxy) is 1. The maximum absolute atomic E-state index is 11.2. The molecule has 0 bridgehead atoms. The highest BCUT2D eigenvalue weighted by molar-refractivity contribution is 5.51. The molecule has 0 radical (unpaired) electrons. The monoisotopic (exact) mass is 264 g/mol. The molecule has 1 atom stereocenters. The molecule has 0 aliphatic heterocycles. The van der Waals surface area contributed by atoms with Crippen LogP contribution in [0.5, 0.6) is 0 Å². The van der Waals surface area contributed by atoms with Crippen molar-refractivity contribution < 1.29 is 9.26 Å². The average molecular weight is 264 g/mol. The average Bonchev–Trinajstić information content (AvgIpc) is 2.88. The Hall–Kier alpha value is -1.99. The standard InChI is InChI=1S/C12H16N4O3/c1-2-5-18-7-9(13)11-15-12(19-16-11)8-3-4-14-10(17)6-8/h3-4,6,9H,2,5,7,13H2,1H3,(H,14,17). The molecule has 7 heteroatoms. The first-order chi connectivity index (χ1) is 9.20. The van der Waals surface area contributed by atoms with Crippen molar-refractivity contribution in [2.45, 2.75) is 19.4 Å². The minimum absolute atomic E-state index is 0.229. The molecular weight excluding hydrogens is 248 g/mol. The van der Waals surface area contributed by atoms with Gasteiger partial charge in [0.25, 0.3) is 5.89 Å². The van der Waals surface area contributed by atoms with Crippen molar-refractivity contribution in [3.8, 4) is 11.5 Å². The number of hydrogen-bond acceptors (Lipinski definition) is 6. The summed E-state index contributed by atoms with van der Waals surface area (Å²) in [6.45, 7) is 3.00. The van der Waals surface area contributed by atoms with E-state index in [1.165, 1.54) is 12.3 Å². The number of nitrogens with zero attached hydrogens (tertiary/aromatic N) is 2. The number of hydrogen-bond donors (Lipinski definition) is 2. The van der Waals surface area contributed by atoms with E-state index in [2.05, 4.69) is 15.1 Å². The van der Waals surface area contributed by atoms with Crippen molar-refractivity contribution in [1.29, 1.82) is 0 Å². The highest BCUT2D eigenvalue weighted by atomic mass is 16.5. The third-order valence-corrected chi connectivity index (χ3v) is 2.44. The molecule has 1 unspecified atom stereocenters. The second-order valence-electron chi connectivity index (χ2n) is 4.08. The Labute approximate surface area is 109 Å². The second kappa shape index (κ2) is 6.26. The fraction of sp³-hybridized carbons (Fsp3) is 0.417. The van der Waals surface area contributed by atoms with E-state index in [9.17, 15) is 4.79 Å². The Morgan fingerprint density at radius 1 is 1.58 bits per heavy atom. The Bertz CT molecular complexity index is 578. The van der Waals surface area contributed by atoms with Gasteiger partial charge in [-0.05, 0) is 12.5 Å². The van der Waals surface area contributed by atoms with Gasteiger partial charge < -0.3 is 20.0 Å². The van der Waals surface area contributed by atoms with Gasteiger partial charge in [-0.3, -0.25) is 4.79 Å². The molecular formula is C12H16N4O3. The zero-order chi connectivity index (χ0) is 13.7. The van der Waals surface area contributed by atoms with Gasteiger partial charge in [0.05, 0.1) is 12.6 Å². The first-order valence-corrected chi connectivity index (χ1v) is 6.06. The molecule has 0 spiro atoms. The minimum Gasteiger partial charge on any atom is -0.379 e. The molecule has 3 N–H and O–H groups in total. The number of nitrogens with one attached hydrogen (secondary N) is 1. The normalized spacial score (nSPS) is 12.5. The summed E-state index contributed by atoms with van der Waals surface area (Å²) in [7, 11) is 0. The van der Waals surface area contributed by atoms with Crippen LogP contribution in [0.3, 0.4) is 0 Å². The maximum atomic E-state index is 11.2. The third-order valence-electron chi connectivity index (χ3n) is 2.44. The van der Waals surface area contributed by atoms with Gasteiger partial charge in [0.1, 0.15) is 0 Å². The van der Waals surface area contributed by atoms with Crippen LogP contribution in [0.4, 0.5) is 0 Å². The summed E-state index contributed by atoms with van der Waals surface area (Å²) in [6, 6.07) is 2.62. The Balaban J connectivity index is 2.08. The number of aromatic nitrogens is 3. The summed E-state index contributed by atoms with van der Waals surface area (Å²) in [5.74, 6) is 0.637. The van der Waals surface area contributed by atoms with Gasteiger partial charge in [-0.25, -0.2) is 0 Å². The lowest BCUT2D eigenvalue weighted by Gasteiger charge is -2.06. The SMILES string of the molecule is CCCOCC(N)c1noc(-c2cc[nH]c(=O)c2)n1. The second-order valence-corrected chi connectivity index (χ2v) is 4.08. The molecule has 7 nitrogen and oxygen atoms in total. The molecule has 0 fully saturated rings. The Morgan fingerprint density at radius 2 is 2.42 bits per heavy atom. The van der Waals surface area contributed by atoms with Crippen LogP contribution in [-0.4, -0.2) is 28.3 Å². The summed E-state index contributed by atoms with van der Waals surface area (Å²) in [6.07, 6.45) is 2.45. The van der Waals surface area contributed by atoms with Crippen LogP contribution in [0.25, 0.3) is 11.5 Å². The van der Waals surface area contributed by atoms with E-state index in [4.69, 9.17) is 15.0 Å². The van der Waals surface area contributed by atoms with Crippen LogP contribution in [0.15, 0.2) is 27.6 Å². The first-order valence-electron chi connectivity index (χ1n) is 6.06. The van der Waals surface area contributed by atoms with Gasteiger partial charge in [-0.15, -0.1) is 0 Å². The van der Waals surface area contributed by atoms with Crippen LogP contribution in [0.2, 0.25) is 0 Å². The zero-order valence-electron chi connectivity index (χ0n) is 10.6. The molecule has 2 rings (SSSR count). The van der Waals surface area contributed by atoms with Gasteiger partial charge >= 0.3 is 0 Å². The number of nitrogens with two attached hydrogens (primary N) is 1. The fourth-order valence-corrected chi connectivity index (χ4v) is 1.51. The first kappa shape index (κ1) is 13.4. The largest absolute Gasteiger partial charge is 0.379 e. The molecule has 0 saturated carbocycles. The quantitative estimate of drug-likeness (QED) is 0.749. The molecule has 2 aromatic heterocycles. The lowest BCUT2D eigenvalue weighted by molar-refractivity contribution is 0.119.